The highest BCUT2D eigenvalue weighted by Gasteiger charge is 2.42. The number of amides is 2. The van der Waals surface area contributed by atoms with E-state index in [1.165, 1.54) is 0 Å². The average molecular weight is 479 g/mol. The number of alkyl carbamates (subject to hydrolysis) is 1. The van der Waals surface area contributed by atoms with E-state index in [1.54, 1.807) is 4.90 Å². The fourth-order valence-corrected chi connectivity index (χ4v) is 5.60. The van der Waals surface area contributed by atoms with Crippen LogP contribution in [0.25, 0.3) is 11.1 Å². The molecular weight excluding hydrogens is 444 g/mol. The lowest BCUT2D eigenvalue weighted by atomic mass is 9.97. The van der Waals surface area contributed by atoms with Crippen LogP contribution in [0.2, 0.25) is 0 Å². The molecule has 2 aromatic carbocycles. The molecule has 0 radical (unpaired) electrons. The maximum absolute atomic E-state index is 13.4. The zero-order valence-corrected chi connectivity index (χ0v) is 20.6. The van der Waals surface area contributed by atoms with Crippen LogP contribution in [0.5, 0.6) is 0 Å². The minimum absolute atomic E-state index is 0.0632. The summed E-state index contributed by atoms with van der Waals surface area (Å²) in [7, 11) is 0. The van der Waals surface area contributed by atoms with Gasteiger partial charge in [-0.2, -0.15) is 0 Å². The maximum atomic E-state index is 13.4. The molecule has 3 atom stereocenters. The van der Waals surface area contributed by atoms with E-state index >= 15 is 0 Å². The summed E-state index contributed by atoms with van der Waals surface area (Å²) in [5.41, 5.74) is 4.55. The van der Waals surface area contributed by atoms with Crippen molar-refractivity contribution in [3.05, 3.63) is 59.7 Å². The molecule has 186 valence electrons. The van der Waals surface area contributed by atoms with Gasteiger partial charge in [-0.15, -0.1) is 0 Å². The van der Waals surface area contributed by atoms with Crippen LogP contribution in [-0.2, 0) is 14.3 Å². The quantitative estimate of drug-likeness (QED) is 0.576. The second kappa shape index (κ2) is 10.5. The molecule has 3 unspecified atom stereocenters. The molecule has 1 saturated heterocycles. The van der Waals surface area contributed by atoms with Crippen molar-refractivity contribution < 1.29 is 24.2 Å². The Morgan fingerprint density at radius 2 is 1.66 bits per heavy atom. The number of ether oxygens (including phenoxy) is 1. The van der Waals surface area contributed by atoms with Crippen LogP contribution >= 0.6 is 0 Å². The molecule has 2 amide bonds. The molecule has 0 saturated carbocycles. The van der Waals surface area contributed by atoms with E-state index in [0.717, 1.165) is 22.3 Å². The lowest BCUT2D eigenvalue weighted by Crippen LogP contribution is -2.51. The Hall–Kier alpha value is -3.35. The number of rotatable bonds is 8. The third kappa shape index (κ3) is 5.04. The second-order valence-electron chi connectivity index (χ2n) is 9.89. The lowest BCUT2D eigenvalue weighted by molar-refractivity contribution is -0.143. The molecule has 1 fully saturated rings. The van der Waals surface area contributed by atoms with Crippen LogP contribution in [0.1, 0.15) is 57.1 Å². The monoisotopic (exact) mass is 478 g/mol. The molecule has 2 aliphatic rings. The van der Waals surface area contributed by atoms with Gasteiger partial charge in [0.2, 0.25) is 5.91 Å². The van der Waals surface area contributed by atoms with Gasteiger partial charge in [-0.05, 0) is 47.4 Å². The second-order valence-corrected chi connectivity index (χ2v) is 9.89. The number of fused-ring (bicyclic) bond motifs is 3. The summed E-state index contributed by atoms with van der Waals surface area (Å²) in [4.78, 5) is 39.5. The Kier molecular flexibility index (Phi) is 7.43. The van der Waals surface area contributed by atoms with Gasteiger partial charge in [0, 0.05) is 18.5 Å². The van der Waals surface area contributed by atoms with Crippen molar-refractivity contribution in [1.82, 2.24) is 10.2 Å². The molecular formula is C28H34N2O5. The summed E-state index contributed by atoms with van der Waals surface area (Å²) >= 11 is 0. The smallest absolute Gasteiger partial charge is 0.407 e. The molecule has 0 spiro atoms. The maximum Gasteiger partial charge on any atom is 0.407 e. The minimum atomic E-state index is -0.878. The van der Waals surface area contributed by atoms with E-state index in [0.29, 0.717) is 25.8 Å². The number of carbonyl (C=O) groups is 3. The summed E-state index contributed by atoms with van der Waals surface area (Å²) in [5, 5.41) is 12.3. The summed E-state index contributed by atoms with van der Waals surface area (Å²) < 4.78 is 5.66. The van der Waals surface area contributed by atoms with Crippen LogP contribution in [0.3, 0.4) is 0 Å². The highest BCUT2D eigenvalue weighted by Crippen LogP contribution is 2.44. The number of benzene rings is 2. The van der Waals surface area contributed by atoms with Crippen molar-refractivity contribution in [2.75, 3.05) is 13.2 Å². The van der Waals surface area contributed by atoms with E-state index in [2.05, 4.69) is 29.6 Å². The topological polar surface area (TPSA) is 95.9 Å². The SMILES string of the molecule is CCC1C(C(=O)O)CCN1C(=O)C(CC(C)C)NC(=O)OCC1c2ccccc2-c2ccccc21. The van der Waals surface area contributed by atoms with Crippen molar-refractivity contribution in [2.24, 2.45) is 11.8 Å². The predicted molar refractivity (Wildman–Crippen MR) is 133 cm³/mol. The van der Waals surface area contributed by atoms with E-state index < -0.39 is 24.0 Å². The molecule has 7 nitrogen and oxygen atoms in total. The van der Waals surface area contributed by atoms with Gasteiger partial charge < -0.3 is 20.1 Å². The van der Waals surface area contributed by atoms with Crippen LogP contribution < -0.4 is 5.32 Å². The van der Waals surface area contributed by atoms with Crippen molar-refractivity contribution in [3.63, 3.8) is 0 Å². The zero-order chi connectivity index (χ0) is 25.1. The van der Waals surface area contributed by atoms with Gasteiger partial charge in [0.05, 0.1) is 5.92 Å². The van der Waals surface area contributed by atoms with Gasteiger partial charge >= 0.3 is 12.1 Å². The van der Waals surface area contributed by atoms with Crippen molar-refractivity contribution in [3.8, 4) is 11.1 Å². The Morgan fingerprint density at radius 1 is 1.06 bits per heavy atom. The summed E-state index contributed by atoms with van der Waals surface area (Å²) in [6.07, 6.45) is 0.808. The van der Waals surface area contributed by atoms with E-state index in [-0.39, 0.29) is 30.4 Å². The van der Waals surface area contributed by atoms with Crippen LogP contribution in [0, 0.1) is 11.8 Å². The van der Waals surface area contributed by atoms with E-state index in [1.807, 2.05) is 45.0 Å². The van der Waals surface area contributed by atoms with Crippen LogP contribution in [-0.4, -0.2) is 53.2 Å². The number of aliphatic carboxylic acids is 1. The van der Waals surface area contributed by atoms with Crippen LogP contribution in [0.4, 0.5) is 4.79 Å². The fourth-order valence-electron chi connectivity index (χ4n) is 5.60. The number of carbonyl (C=O) groups excluding carboxylic acids is 2. The molecule has 1 heterocycles. The highest BCUT2D eigenvalue weighted by molar-refractivity contribution is 5.87. The van der Waals surface area contributed by atoms with Gasteiger partial charge in [0.1, 0.15) is 12.6 Å². The average Bonchev–Trinajstić information content (AvgIpc) is 3.41. The normalized spacial score (nSPS) is 19.8. The summed E-state index contributed by atoms with van der Waals surface area (Å²) in [6, 6.07) is 15.1. The van der Waals surface area contributed by atoms with Crippen molar-refractivity contribution in [1.29, 1.82) is 0 Å². The minimum Gasteiger partial charge on any atom is -0.481 e. The largest absolute Gasteiger partial charge is 0.481 e. The van der Waals surface area contributed by atoms with Crippen LogP contribution in [0.15, 0.2) is 48.5 Å². The molecule has 4 rings (SSSR count). The standard InChI is InChI=1S/C28H34N2O5/c1-4-25-22(27(32)33)13-14-30(25)26(31)24(15-17(2)3)29-28(34)35-16-23-20-11-7-5-9-18(20)19-10-6-8-12-21(19)23/h5-12,17,22-25H,4,13-16H2,1-3H3,(H,29,34)(H,32,33). The Labute approximate surface area is 206 Å². The molecule has 0 bridgehead atoms. The number of hydrogen-bond acceptors (Lipinski definition) is 4. The fraction of sp³-hybridized carbons (Fsp3) is 0.464. The number of likely N-dealkylation sites (tertiary alicyclic amines) is 1. The molecule has 0 aromatic heterocycles. The first-order chi connectivity index (χ1) is 16.8. The van der Waals surface area contributed by atoms with Gasteiger partial charge in [0.25, 0.3) is 0 Å². The number of carboxylic acid groups (broad SMARTS) is 1. The molecule has 7 heteroatoms. The third-order valence-corrected chi connectivity index (χ3v) is 7.21. The molecule has 1 aliphatic heterocycles. The van der Waals surface area contributed by atoms with Gasteiger partial charge in [0.15, 0.2) is 0 Å². The van der Waals surface area contributed by atoms with Crippen molar-refractivity contribution >= 4 is 18.0 Å². The first-order valence-electron chi connectivity index (χ1n) is 12.5. The van der Waals surface area contributed by atoms with Gasteiger partial charge in [-0.1, -0.05) is 69.3 Å². The third-order valence-electron chi connectivity index (χ3n) is 7.21. The highest BCUT2D eigenvalue weighted by atomic mass is 16.5. The first-order valence-corrected chi connectivity index (χ1v) is 12.5. The first kappa shape index (κ1) is 24.8. The van der Waals surface area contributed by atoms with E-state index in [9.17, 15) is 19.5 Å². The zero-order valence-electron chi connectivity index (χ0n) is 20.6. The number of carboxylic acids is 1. The number of hydrogen-bond donors (Lipinski definition) is 2. The molecule has 35 heavy (non-hydrogen) atoms. The number of nitrogens with zero attached hydrogens (tertiary/aromatic N) is 1. The van der Waals surface area contributed by atoms with E-state index in [4.69, 9.17) is 4.74 Å². The van der Waals surface area contributed by atoms with Gasteiger partial charge in [-0.25, -0.2) is 4.79 Å². The summed E-state index contributed by atoms with van der Waals surface area (Å²) in [6.45, 7) is 6.42. The van der Waals surface area contributed by atoms with Crippen molar-refractivity contribution in [2.45, 2.75) is 58.0 Å². The molecule has 2 N–H and O–H groups in total. The predicted octanol–water partition coefficient (Wildman–Crippen LogP) is 4.65. The summed E-state index contributed by atoms with van der Waals surface area (Å²) in [5.74, 6) is -1.58. The Bertz CT molecular complexity index is 1050. The molecule has 2 aromatic rings. The number of nitrogens with one attached hydrogen (secondary N) is 1. The lowest BCUT2D eigenvalue weighted by Gasteiger charge is -2.30. The Balaban J connectivity index is 1.44. The Morgan fingerprint density at radius 3 is 2.20 bits per heavy atom. The van der Waals surface area contributed by atoms with Gasteiger partial charge in [-0.3, -0.25) is 9.59 Å². The molecule has 1 aliphatic carbocycles.